The Hall–Kier alpha value is -1.66. The Morgan fingerprint density at radius 2 is 0.681 bits per heavy atom. The first kappa shape index (κ1) is 67.3. The number of esters is 1. The minimum Gasteiger partial charge on any atom is -0.466 e. The number of amides is 1. The van der Waals surface area contributed by atoms with Crippen LogP contribution in [0, 0.1) is 0 Å². The van der Waals surface area contributed by atoms with Gasteiger partial charge in [0.25, 0.3) is 0 Å². The third kappa shape index (κ3) is 55.5. The van der Waals surface area contributed by atoms with Crippen LogP contribution in [0.5, 0.6) is 0 Å². The molecule has 2 atom stereocenters. The Labute approximate surface area is 431 Å². The first-order chi connectivity index (χ1) is 34.0. The molecule has 6 heteroatoms. The van der Waals surface area contributed by atoms with Crippen molar-refractivity contribution in [2.45, 2.75) is 353 Å². The quantitative estimate of drug-likeness (QED) is 0.0321. The first-order valence-corrected chi connectivity index (χ1v) is 31.1. The van der Waals surface area contributed by atoms with Crippen LogP contribution in [-0.4, -0.2) is 47.4 Å². The van der Waals surface area contributed by atoms with Crippen LogP contribution >= 0.6 is 0 Å². The summed E-state index contributed by atoms with van der Waals surface area (Å²) in [5, 5.41) is 23.1. The summed E-state index contributed by atoms with van der Waals surface area (Å²) in [6.45, 7) is 4.94. The van der Waals surface area contributed by atoms with Gasteiger partial charge in [-0.15, -0.1) is 0 Å². The van der Waals surface area contributed by atoms with Gasteiger partial charge in [0.2, 0.25) is 5.91 Å². The normalized spacial score (nSPS) is 12.7. The lowest BCUT2D eigenvalue weighted by Gasteiger charge is -2.22. The number of unbranched alkanes of at least 4 members (excludes halogenated alkanes) is 43. The van der Waals surface area contributed by atoms with Gasteiger partial charge in [-0.1, -0.05) is 276 Å². The van der Waals surface area contributed by atoms with E-state index in [0.717, 1.165) is 44.9 Å². The molecule has 0 bridgehead atoms. The van der Waals surface area contributed by atoms with E-state index in [0.29, 0.717) is 25.9 Å². The van der Waals surface area contributed by atoms with Crippen molar-refractivity contribution in [3.05, 3.63) is 24.3 Å². The summed E-state index contributed by atoms with van der Waals surface area (Å²) in [6.07, 6.45) is 72.0. The highest BCUT2D eigenvalue weighted by Gasteiger charge is 2.20. The number of carbonyl (C=O) groups excluding carboxylic acids is 2. The minimum atomic E-state index is -0.664. The number of aliphatic hydroxyl groups is 2. The van der Waals surface area contributed by atoms with Gasteiger partial charge < -0.3 is 20.3 Å². The van der Waals surface area contributed by atoms with Crippen LogP contribution in [0.2, 0.25) is 0 Å². The smallest absolute Gasteiger partial charge is 0.305 e. The van der Waals surface area contributed by atoms with Crippen molar-refractivity contribution in [2.24, 2.45) is 0 Å². The Morgan fingerprint density at radius 3 is 1.03 bits per heavy atom. The van der Waals surface area contributed by atoms with Crippen LogP contribution in [0.4, 0.5) is 0 Å². The summed E-state index contributed by atoms with van der Waals surface area (Å²) < 4.78 is 5.50. The molecule has 408 valence electrons. The summed E-state index contributed by atoms with van der Waals surface area (Å²) in [5.41, 5.74) is 0. The molecular formula is C63H121NO5. The van der Waals surface area contributed by atoms with Crippen molar-refractivity contribution in [3.8, 4) is 0 Å². The van der Waals surface area contributed by atoms with E-state index in [-0.39, 0.29) is 18.5 Å². The topological polar surface area (TPSA) is 95.9 Å². The number of rotatable bonds is 58. The molecule has 3 N–H and O–H groups in total. The molecule has 0 heterocycles. The molecule has 0 radical (unpaired) electrons. The van der Waals surface area contributed by atoms with Crippen molar-refractivity contribution in [3.63, 3.8) is 0 Å². The average molecular weight is 973 g/mol. The Morgan fingerprint density at radius 1 is 0.391 bits per heavy atom. The fourth-order valence-corrected chi connectivity index (χ4v) is 9.69. The number of hydrogen-bond acceptors (Lipinski definition) is 5. The molecule has 6 nitrogen and oxygen atoms in total. The molecule has 0 aromatic rings. The van der Waals surface area contributed by atoms with E-state index in [1.165, 1.54) is 263 Å². The zero-order valence-corrected chi connectivity index (χ0v) is 46.6. The van der Waals surface area contributed by atoms with Crippen LogP contribution in [0.15, 0.2) is 24.3 Å². The largest absolute Gasteiger partial charge is 0.466 e. The lowest BCUT2D eigenvalue weighted by atomic mass is 10.0. The van der Waals surface area contributed by atoms with Gasteiger partial charge in [-0.05, 0) is 77.0 Å². The Kier molecular flexibility index (Phi) is 57.5. The van der Waals surface area contributed by atoms with E-state index >= 15 is 0 Å². The fraction of sp³-hybridized carbons (Fsp3) is 0.905. The van der Waals surface area contributed by atoms with Gasteiger partial charge in [0.15, 0.2) is 0 Å². The zero-order valence-electron chi connectivity index (χ0n) is 46.6. The lowest BCUT2D eigenvalue weighted by Crippen LogP contribution is -2.45. The molecule has 0 fully saturated rings. The molecule has 0 aromatic heterocycles. The second-order valence-electron chi connectivity index (χ2n) is 21.4. The highest BCUT2D eigenvalue weighted by molar-refractivity contribution is 5.76. The van der Waals surface area contributed by atoms with Crippen LogP contribution in [0.25, 0.3) is 0 Å². The first-order valence-electron chi connectivity index (χ1n) is 31.1. The SMILES string of the molecule is CCCCCCCC/C=C\CCCCCCCCCCCC(=O)OCCCCCCCCCCCCCC/C=C\CCCCCCCCCCC(=O)NC(CO)C(O)CCCCCCCCCCC. The molecule has 1 amide bonds. The van der Waals surface area contributed by atoms with Crippen molar-refractivity contribution in [1.82, 2.24) is 5.32 Å². The van der Waals surface area contributed by atoms with Crippen LogP contribution in [-0.2, 0) is 14.3 Å². The highest BCUT2D eigenvalue weighted by atomic mass is 16.5. The van der Waals surface area contributed by atoms with Gasteiger partial charge in [-0.3, -0.25) is 9.59 Å². The summed E-state index contributed by atoms with van der Waals surface area (Å²) in [6, 6.07) is -0.542. The van der Waals surface area contributed by atoms with Crippen LogP contribution in [0.3, 0.4) is 0 Å². The van der Waals surface area contributed by atoms with Gasteiger partial charge in [-0.2, -0.15) is 0 Å². The molecule has 0 aliphatic rings. The minimum absolute atomic E-state index is 0.0123. The maximum atomic E-state index is 12.4. The molecular weight excluding hydrogens is 851 g/mol. The van der Waals surface area contributed by atoms with Gasteiger partial charge in [0, 0.05) is 12.8 Å². The average Bonchev–Trinajstić information content (AvgIpc) is 3.35. The summed E-state index contributed by atoms with van der Waals surface area (Å²) in [4.78, 5) is 24.5. The highest BCUT2D eigenvalue weighted by Crippen LogP contribution is 2.17. The van der Waals surface area contributed by atoms with E-state index in [4.69, 9.17) is 4.74 Å². The van der Waals surface area contributed by atoms with Gasteiger partial charge in [-0.25, -0.2) is 0 Å². The molecule has 2 unspecified atom stereocenters. The van der Waals surface area contributed by atoms with Crippen molar-refractivity contribution >= 4 is 11.9 Å². The summed E-state index contributed by atoms with van der Waals surface area (Å²) in [7, 11) is 0. The molecule has 0 aliphatic carbocycles. The number of allylic oxidation sites excluding steroid dienone is 4. The molecule has 0 saturated heterocycles. The van der Waals surface area contributed by atoms with E-state index < -0.39 is 12.1 Å². The maximum Gasteiger partial charge on any atom is 0.305 e. The van der Waals surface area contributed by atoms with E-state index in [2.05, 4.69) is 43.5 Å². The lowest BCUT2D eigenvalue weighted by molar-refractivity contribution is -0.143. The third-order valence-electron chi connectivity index (χ3n) is 14.5. The predicted octanol–water partition coefficient (Wildman–Crippen LogP) is 19.4. The number of aliphatic hydroxyl groups excluding tert-OH is 2. The third-order valence-corrected chi connectivity index (χ3v) is 14.5. The van der Waals surface area contributed by atoms with Gasteiger partial charge in [0.05, 0.1) is 25.4 Å². The Balaban J connectivity index is 3.35. The monoisotopic (exact) mass is 972 g/mol. The van der Waals surface area contributed by atoms with Crippen LogP contribution in [0.1, 0.15) is 341 Å². The fourth-order valence-electron chi connectivity index (χ4n) is 9.69. The maximum absolute atomic E-state index is 12.4. The second-order valence-corrected chi connectivity index (χ2v) is 21.4. The number of ether oxygens (including phenoxy) is 1. The molecule has 0 aromatic carbocycles. The molecule has 0 rings (SSSR count). The Bertz CT molecular complexity index is 1080. The standard InChI is InChI=1S/C63H121NO5/c1-3-5-7-9-11-13-14-15-16-17-24-28-31-34-37-41-45-49-53-57-63(68)69-58-54-50-46-42-38-35-32-29-26-23-21-19-18-20-22-25-27-30-33-36-40-44-48-52-56-62(67)64-60(59-65)61(66)55-51-47-43-39-12-10-8-6-4-2/h15-16,20,22,60-61,65-66H,3-14,17-19,21,23-59H2,1-2H3,(H,64,67)/b16-15-,22-20-. The molecule has 0 spiro atoms. The van der Waals surface area contributed by atoms with Crippen molar-refractivity contribution < 1.29 is 24.5 Å². The second kappa shape index (κ2) is 58.9. The number of carbonyl (C=O) groups is 2. The van der Waals surface area contributed by atoms with E-state index in [9.17, 15) is 19.8 Å². The number of nitrogens with one attached hydrogen (secondary N) is 1. The van der Waals surface area contributed by atoms with E-state index in [1.54, 1.807) is 0 Å². The summed E-state index contributed by atoms with van der Waals surface area (Å²) >= 11 is 0. The van der Waals surface area contributed by atoms with Gasteiger partial charge in [0.1, 0.15) is 0 Å². The van der Waals surface area contributed by atoms with E-state index in [1.807, 2.05) is 0 Å². The van der Waals surface area contributed by atoms with Crippen molar-refractivity contribution in [2.75, 3.05) is 13.2 Å². The molecule has 0 saturated carbocycles. The predicted molar refractivity (Wildman–Crippen MR) is 301 cm³/mol. The van der Waals surface area contributed by atoms with Gasteiger partial charge >= 0.3 is 5.97 Å². The van der Waals surface area contributed by atoms with Crippen molar-refractivity contribution in [1.29, 1.82) is 0 Å². The zero-order chi connectivity index (χ0) is 50.0. The number of hydrogen-bond donors (Lipinski definition) is 3. The van der Waals surface area contributed by atoms with Crippen LogP contribution < -0.4 is 5.32 Å². The molecule has 69 heavy (non-hydrogen) atoms. The molecule has 0 aliphatic heterocycles. The summed E-state index contributed by atoms with van der Waals surface area (Å²) in [5.74, 6) is -0.0289.